The Morgan fingerprint density at radius 1 is 1.10 bits per heavy atom. The van der Waals surface area contributed by atoms with E-state index in [1.54, 1.807) is 6.07 Å². The Labute approximate surface area is 121 Å². The van der Waals surface area contributed by atoms with Crippen LogP contribution in [0.15, 0.2) is 18.2 Å². The van der Waals surface area contributed by atoms with Crippen LogP contribution in [0.5, 0.6) is 5.75 Å². The number of hydrogen-bond donors (Lipinski definition) is 3. The molecular formula is C16H27NO3. The highest BCUT2D eigenvalue weighted by Crippen LogP contribution is 2.30. The van der Waals surface area contributed by atoms with Crippen LogP contribution < -0.4 is 0 Å². The number of benzene rings is 1. The summed E-state index contributed by atoms with van der Waals surface area (Å²) in [7, 11) is 0. The second kappa shape index (κ2) is 7.62. The molecule has 0 aliphatic rings. The van der Waals surface area contributed by atoms with Gasteiger partial charge in [0, 0.05) is 25.2 Å². The van der Waals surface area contributed by atoms with Crippen molar-refractivity contribution in [2.45, 2.75) is 39.2 Å². The number of phenolic OH excluding ortho intramolecular Hbond substituents is 1. The Balaban J connectivity index is 2.96. The minimum atomic E-state index is 0.0426. The second-order valence-corrected chi connectivity index (χ2v) is 5.80. The first-order chi connectivity index (χ1) is 9.44. The van der Waals surface area contributed by atoms with Crippen molar-refractivity contribution < 1.29 is 15.3 Å². The number of rotatable bonds is 8. The Morgan fingerprint density at radius 3 is 2.20 bits per heavy atom. The van der Waals surface area contributed by atoms with Crippen molar-refractivity contribution in [2.24, 2.45) is 0 Å². The summed E-state index contributed by atoms with van der Waals surface area (Å²) in [6, 6.07) is 5.73. The monoisotopic (exact) mass is 281 g/mol. The zero-order valence-corrected chi connectivity index (χ0v) is 12.8. The highest BCUT2D eigenvalue weighted by atomic mass is 16.3. The summed E-state index contributed by atoms with van der Waals surface area (Å²) in [6.45, 7) is 8.10. The molecule has 0 heterocycles. The number of nitrogens with zero attached hydrogens (tertiary/aromatic N) is 1. The van der Waals surface area contributed by atoms with Gasteiger partial charge >= 0.3 is 0 Å². The van der Waals surface area contributed by atoms with Gasteiger partial charge in [-0.3, -0.25) is 4.90 Å². The Morgan fingerprint density at radius 2 is 1.70 bits per heavy atom. The van der Waals surface area contributed by atoms with Crippen LogP contribution in [0.3, 0.4) is 0 Å². The second-order valence-electron chi connectivity index (χ2n) is 5.80. The van der Waals surface area contributed by atoms with Gasteiger partial charge in [-0.1, -0.05) is 32.9 Å². The summed E-state index contributed by atoms with van der Waals surface area (Å²) >= 11 is 0. The molecule has 0 aromatic heterocycles. The van der Waals surface area contributed by atoms with Crippen LogP contribution >= 0.6 is 0 Å². The molecule has 114 valence electrons. The Kier molecular flexibility index (Phi) is 6.46. The fourth-order valence-corrected chi connectivity index (χ4v) is 2.13. The highest BCUT2D eigenvalue weighted by Gasteiger charge is 2.19. The zero-order chi connectivity index (χ0) is 15.2. The molecule has 0 aliphatic carbocycles. The van der Waals surface area contributed by atoms with E-state index in [0.717, 1.165) is 12.0 Å². The van der Waals surface area contributed by atoms with Crippen molar-refractivity contribution in [3.05, 3.63) is 29.3 Å². The van der Waals surface area contributed by atoms with Gasteiger partial charge in [-0.2, -0.15) is 0 Å². The van der Waals surface area contributed by atoms with E-state index < -0.39 is 0 Å². The molecule has 20 heavy (non-hydrogen) atoms. The number of phenols is 1. The third-order valence-electron chi connectivity index (χ3n) is 3.97. The van der Waals surface area contributed by atoms with Crippen molar-refractivity contribution in [1.82, 2.24) is 4.90 Å². The van der Waals surface area contributed by atoms with Gasteiger partial charge in [0.2, 0.25) is 0 Å². The van der Waals surface area contributed by atoms with Gasteiger partial charge in [0.1, 0.15) is 5.75 Å². The van der Waals surface area contributed by atoms with Gasteiger partial charge in [0.05, 0.1) is 13.2 Å². The molecule has 0 saturated heterocycles. The van der Waals surface area contributed by atoms with E-state index in [1.165, 1.54) is 5.56 Å². The van der Waals surface area contributed by atoms with Crippen LogP contribution in [0.2, 0.25) is 0 Å². The van der Waals surface area contributed by atoms with Gasteiger partial charge in [-0.15, -0.1) is 0 Å². The largest absolute Gasteiger partial charge is 0.508 e. The maximum Gasteiger partial charge on any atom is 0.120 e. The minimum Gasteiger partial charge on any atom is -0.508 e. The first kappa shape index (κ1) is 17.0. The molecule has 0 atom stereocenters. The van der Waals surface area contributed by atoms with Gasteiger partial charge < -0.3 is 15.3 Å². The number of aromatic hydroxyl groups is 1. The van der Waals surface area contributed by atoms with E-state index >= 15 is 0 Å². The highest BCUT2D eigenvalue weighted by molar-refractivity contribution is 5.39. The lowest BCUT2D eigenvalue weighted by atomic mass is 9.81. The molecule has 0 amide bonds. The molecule has 0 bridgehead atoms. The smallest absolute Gasteiger partial charge is 0.120 e. The fourth-order valence-electron chi connectivity index (χ4n) is 2.13. The summed E-state index contributed by atoms with van der Waals surface area (Å²) < 4.78 is 0. The lowest BCUT2D eigenvalue weighted by Gasteiger charge is -2.26. The SMILES string of the molecule is CCC(C)(C)c1ccc(O)c(CN(CCO)CCO)c1. The average Bonchev–Trinajstić information content (AvgIpc) is 2.41. The van der Waals surface area contributed by atoms with E-state index in [-0.39, 0.29) is 24.4 Å². The van der Waals surface area contributed by atoms with Crippen LogP contribution in [-0.4, -0.2) is 46.5 Å². The summed E-state index contributed by atoms with van der Waals surface area (Å²) in [6.07, 6.45) is 1.02. The quantitative estimate of drug-likeness (QED) is 0.680. The Hall–Kier alpha value is -1.10. The first-order valence-electron chi connectivity index (χ1n) is 7.21. The maximum atomic E-state index is 10.0. The van der Waals surface area contributed by atoms with Gasteiger partial charge in [0.25, 0.3) is 0 Å². The molecule has 0 fully saturated rings. The molecule has 0 unspecified atom stereocenters. The van der Waals surface area contributed by atoms with E-state index in [2.05, 4.69) is 20.8 Å². The zero-order valence-electron chi connectivity index (χ0n) is 12.8. The average molecular weight is 281 g/mol. The summed E-state index contributed by atoms with van der Waals surface area (Å²) in [5.74, 6) is 0.265. The van der Waals surface area contributed by atoms with Gasteiger partial charge in [0.15, 0.2) is 0 Å². The third-order valence-corrected chi connectivity index (χ3v) is 3.97. The van der Waals surface area contributed by atoms with E-state index in [9.17, 15) is 5.11 Å². The molecular weight excluding hydrogens is 254 g/mol. The summed E-state index contributed by atoms with van der Waals surface area (Å²) in [4.78, 5) is 1.93. The van der Waals surface area contributed by atoms with E-state index in [4.69, 9.17) is 10.2 Å². The van der Waals surface area contributed by atoms with Crippen LogP contribution in [0.1, 0.15) is 38.3 Å². The van der Waals surface area contributed by atoms with Crippen molar-refractivity contribution in [1.29, 1.82) is 0 Å². The molecule has 1 aromatic rings. The Bertz CT molecular complexity index is 412. The predicted molar refractivity (Wildman–Crippen MR) is 80.9 cm³/mol. The number of hydrogen-bond acceptors (Lipinski definition) is 4. The molecule has 0 saturated carbocycles. The molecule has 0 radical (unpaired) electrons. The van der Waals surface area contributed by atoms with Crippen molar-refractivity contribution in [3.8, 4) is 5.75 Å². The molecule has 4 heteroatoms. The molecule has 0 spiro atoms. The molecule has 4 nitrogen and oxygen atoms in total. The summed E-state index contributed by atoms with van der Waals surface area (Å²) in [5, 5.41) is 28.1. The topological polar surface area (TPSA) is 63.9 Å². The maximum absolute atomic E-state index is 10.0. The van der Waals surface area contributed by atoms with Crippen molar-refractivity contribution >= 4 is 0 Å². The van der Waals surface area contributed by atoms with Crippen molar-refractivity contribution in [2.75, 3.05) is 26.3 Å². The number of aliphatic hydroxyl groups is 2. The molecule has 1 rings (SSSR count). The van der Waals surface area contributed by atoms with Crippen LogP contribution in [0.25, 0.3) is 0 Å². The molecule has 0 aliphatic heterocycles. The van der Waals surface area contributed by atoms with Crippen LogP contribution in [0.4, 0.5) is 0 Å². The van der Waals surface area contributed by atoms with Crippen LogP contribution in [0, 0.1) is 0 Å². The number of aliphatic hydroxyl groups excluding tert-OH is 2. The third kappa shape index (κ3) is 4.47. The molecule has 3 N–H and O–H groups in total. The minimum absolute atomic E-state index is 0.0426. The fraction of sp³-hybridized carbons (Fsp3) is 0.625. The van der Waals surface area contributed by atoms with E-state index in [1.807, 2.05) is 17.0 Å². The predicted octanol–water partition coefficient (Wildman–Crippen LogP) is 1.87. The van der Waals surface area contributed by atoms with Gasteiger partial charge in [-0.25, -0.2) is 0 Å². The lowest BCUT2D eigenvalue weighted by Crippen LogP contribution is -2.29. The molecule has 1 aromatic carbocycles. The van der Waals surface area contributed by atoms with Crippen molar-refractivity contribution in [3.63, 3.8) is 0 Å². The van der Waals surface area contributed by atoms with Gasteiger partial charge in [-0.05, 0) is 23.5 Å². The first-order valence-corrected chi connectivity index (χ1v) is 7.21. The van der Waals surface area contributed by atoms with E-state index in [0.29, 0.717) is 19.6 Å². The standard InChI is InChI=1S/C16H27NO3/c1-4-16(2,3)14-5-6-15(20)13(11-14)12-17(7-9-18)8-10-19/h5-6,11,18-20H,4,7-10,12H2,1-3H3. The van der Waals surface area contributed by atoms with Crippen LogP contribution in [-0.2, 0) is 12.0 Å². The lowest BCUT2D eigenvalue weighted by molar-refractivity contribution is 0.155. The summed E-state index contributed by atoms with van der Waals surface area (Å²) in [5.41, 5.74) is 2.10. The normalized spacial score (nSPS) is 12.1.